The number of methoxy groups -OCH3 is 1. The van der Waals surface area contributed by atoms with Gasteiger partial charge in [-0.05, 0) is 75.3 Å². The van der Waals surface area contributed by atoms with Crippen molar-refractivity contribution >= 4 is 11.8 Å². The van der Waals surface area contributed by atoms with Crippen LogP contribution in [-0.2, 0) is 4.79 Å². The first-order valence-corrected chi connectivity index (χ1v) is 9.87. The number of ether oxygens (including phenoxy) is 1. The molecule has 1 atom stereocenters. The average Bonchev–Trinajstić information content (AvgIpc) is 2.65. The van der Waals surface area contributed by atoms with E-state index in [1.54, 1.807) is 23.7 Å². The molecule has 4 bridgehead atoms. The Morgan fingerprint density at radius 1 is 1.15 bits per heavy atom. The van der Waals surface area contributed by atoms with Crippen LogP contribution in [0.2, 0.25) is 0 Å². The number of hydroxylamine groups is 1. The highest BCUT2D eigenvalue weighted by atomic mass is 16.5. The standard InChI is InChI=1S/C21H28N2O4/c1-12(17-4-3-16(19(24)23-26)8-18(17)27-2)22-20(25)21-9-13-5-14(10-21)7-15(6-13)11-21/h3-4,8,12-15,26H,5-7,9-11H2,1-2H3,(H,22,25)(H,23,24). The van der Waals surface area contributed by atoms with E-state index in [0.29, 0.717) is 11.3 Å². The summed E-state index contributed by atoms with van der Waals surface area (Å²) in [5.74, 6) is 2.28. The molecule has 146 valence electrons. The Hall–Kier alpha value is -2.08. The lowest BCUT2D eigenvalue weighted by Crippen LogP contribution is -2.53. The van der Waals surface area contributed by atoms with Crippen molar-refractivity contribution in [2.75, 3.05) is 7.11 Å². The summed E-state index contributed by atoms with van der Waals surface area (Å²) in [5, 5.41) is 12.0. The molecule has 2 amide bonds. The molecule has 0 radical (unpaired) electrons. The Kier molecular flexibility index (Phi) is 4.62. The van der Waals surface area contributed by atoms with Gasteiger partial charge >= 0.3 is 0 Å². The topological polar surface area (TPSA) is 87.7 Å². The third kappa shape index (κ3) is 3.20. The fourth-order valence-electron chi connectivity index (χ4n) is 6.09. The lowest BCUT2D eigenvalue weighted by atomic mass is 9.49. The van der Waals surface area contributed by atoms with Crippen LogP contribution in [0.25, 0.3) is 0 Å². The van der Waals surface area contributed by atoms with Crippen LogP contribution >= 0.6 is 0 Å². The van der Waals surface area contributed by atoms with Gasteiger partial charge in [-0.1, -0.05) is 6.07 Å². The van der Waals surface area contributed by atoms with E-state index in [1.165, 1.54) is 26.4 Å². The van der Waals surface area contributed by atoms with Crippen molar-refractivity contribution in [3.05, 3.63) is 29.3 Å². The summed E-state index contributed by atoms with van der Waals surface area (Å²) in [4.78, 5) is 24.9. The predicted molar refractivity (Wildman–Crippen MR) is 99.4 cm³/mol. The summed E-state index contributed by atoms with van der Waals surface area (Å²) in [5.41, 5.74) is 2.56. The molecular formula is C21H28N2O4. The number of hydrogen-bond acceptors (Lipinski definition) is 4. The Bertz CT molecular complexity index is 725. The maximum atomic E-state index is 13.3. The minimum Gasteiger partial charge on any atom is -0.496 e. The number of nitrogens with one attached hydrogen (secondary N) is 2. The van der Waals surface area contributed by atoms with E-state index in [4.69, 9.17) is 9.94 Å². The molecular weight excluding hydrogens is 344 g/mol. The Balaban J connectivity index is 1.51. The molecule has 4 aliphatic carbocycles. The number of amides is 2. The van der Waals surface area contributed by atoms with E-state index in [-0.39, 0.29) is 17.4 Å². The zero-order valence-electron chi connectivity index (χ0n) is 16.0. The molecule has 3 N–H and O–H groups in total. The lowest BCUT2D eigenvalue weighted by Gasteiger charge is -2.55. The molecule has 5 rings (SSSR count). The van der Waals surface area contributed by atoms with Crippen LogP contribution in [0, 0.1) is 23.2 Å². The summed E-state index contributed by atoms with van der Waals surface area (Å²) >= 11 is 0. The van der Waals surface area contributed by atoms with Crippen molar-refractivity contribution in [2.45, 2.75) is 51.5 Å². The minimum absolute atomic E-state index is 0.174. The number of benzene rings is 1. The van der Waals surface area contributed by atoms with Crippen molar-refractivity contribution in [2.24, 2.45) is 23.2 Å². The molecule has 0 aromatic heterocycles. The second-order valence-electron chi connectivity index (χ2n) is 8.79. The molecule has 1 aromatic carbocycles. The molecule has 6 heteroatoms. The van der Waals surface area contributed by atoms with Crippen molar-refractivity contribution in [1.29, 1.82) is 0 Å². The average molecular weight is 372 g/mol. The largest absolute Gasteiger partial charge is 0.496 e. The quantitative estimate of drug-likeness (QED) is 0.547. The van der Waals surface area contributed by atoms with Gasteiger partial charge in [-0.2, -0.15) is 0 Å². The van der Waals surface area contributed by atoms with Crippen molar-refractivity contribution < 1.29 is 19.5 Å². The van der Waals surface area contributed by atoms with Crippen molar-refractivity contribution in [3.8, 4) is 5.75 Å². The van der Waals surface area contributed by atoms with Crippen LogP contribution in [0.5, 0.6) is 5.75 Å². The van der Waals surface area contributed by atoms with Gasteiger partial charge in [-0.3, -0.25) is 14.8 Å². The van der Waals surface area contributed by atoms with Crippen LogP contribution in [0.3, 0.4) is 0 Å². The molecule has 4 fully saturated rings. The molecule has 4 saturated carbocycles. The van der Waals surface area contributed by atoms with Gasteiger partial charge in [0.15, 0.2) is 0 Å². The van der Waals surface area contributed by atoms with E-state index in [2.05, 4.69) is 5.32 Å². The van der Waals surface area contributed by atoms with E-state index in [9.17, 15) is 9.59 Å². The smallest absolute Gasteiger partial charge is 0.274 e. The monoisotopic (exact) mass is 372 g/mol. The Labute approximate surface area is 159 Å². The van der Waals surface area contributed by atoms with Crippen LogP contribution in [0.15, 0.2) is 18.2 Å². The van der Waals surface area contributed by atoms with E-state index >= 15 is 0 Å². The predicted octanol–water partition coefficient (Wildman–Crippen LogP) is 3.21. The summed E-state index contributed by atoms with van der Waals surface area (Å²) in [7, 11) is 1.53. The number of carbonyl (C=O) groups is 2. The molecule has 27 heavy (non-hydrogen) atoms. The summed E-state index contributed by atoms with van der Waals surface area (Å²) in [6.45, 7) is 1.95. The molecule has 0 saturated heterocycles. The highest BCUT2D eigenvalue weighted by molar-refractivity contribution is 5.94. The first kappa shape index (κ1) is 18.3. The first-order chi connectivity index (χ1) is 12.9. The normalized spacial score (nSPS) is 32.0. The number of hydrogen-bond donors (Lipinski definition) is 3. The number of rotatable bonds is 5. The molecule has 1 unspecified atom stereocenters. The zero-order chi connectivity index (χ0) is 19.2. The van der Waals surface area contributed by atoms with Crippen LogP contribution < -0.4 is 15.5 Å². The highest BCUT2D eigenvalue weighted by Crippen LogP contribution is 2.60. The third-order valence-corrected chi connectivity index (χ3v) is 6.93. The zero-order valence-corrected chi connectivity index (χ0v) is 16.0. The summed E-state index contributed by atoms with van der Waals surface area (Å²) in [6, 6.07) is 4.76. The van der Waals surface area contributed by atoms with Gasteiger partial charge in [0.2, 0.25) is 5.91 Å². The summed E-state index contributed by atoms with van der Waals surface area (Å²) < 4.78 is 5.42. The van der Waals surface area contributed by atoms with E-state index in [0.717, 1.165) is 42.6 Å². The van der Waals surface area contributed by atoms with Gasteiger partial charge in [0, 0.05) is 16.5 Å². The van der Waals surface area contributed by atoms with Gasteiger partial charge in [0.05, 0.1) is 13.2 Å². The van der Waals surface area contributed by atoms with Crippen molar-refractivity contribution in [3.63, 3.8) is 0 Å². The Morgan fingerprint density at radius 2 is 1.74 bits per heavy atom. The molecule has 0 aliphatic heterocycles. The number of carbonyl (C=O) groups excluding carboxylic acids is 2. The molecule has 6 nitrogen and oxygen atoms in total. The minimum atomic E-state index is -0.592. The lowest BCUT2D eigenvalue weighted by molar-refractivity contribution is -0.147. The second-order valence-corrected chi connectivity index (χ2v) is 8.79. The van der Waals surface area contributed by atoms with Gasteiger partial charge in [-0.25, -0.2) is 5.48 Å². The summed E-state index contributed by atoms with van der Waals surface area (Å²) in [6.07, 6.45) is 7.03. The SMILES string of the molecule is COc1cc(C(=O)NO)ccc1C(C)NC(=O)C12CC3CC(CC(C3)C1)C2. The van der Waals surface area contributed by atoms with Crippen molar-refractivity contribution in [1.82, 2.24) is 10.8 Å². The van der Waals surface area contributed by atoms with Gasteiger partial charge in [0.25, 0.3) is 5.91 Å². The van der Waals surface area contributed by atoms with Crippen LogP contribution in [0.4, 0.5) is 0 Å². The molecule has 1 aromatic rings. The highest BCUT2D eigenvalue weighted by Gasteiger charge is 2.54. The fourth-order valence-corrected chi connectivity index (χ4v) is 6.09. The Morgan fingerprint density at radius 3 is 2.26 bits per heavy atom. The van der Waals surface area contributed by atoms with E-state index in [1.807, 2.05) is 6.92 Å². The van der Waals surface area contributed by atoms with Crippen LogP contribution in [-0.4, -0.2) is 24.1 Å². The van der Waals surface area contributed by atoms with Crippen LogP contribution in [0.1, 0.15) is 67.4 Å². The molecule has 0 heterocycles. The van der Waals surface area contributed by atoms with Gasteiger partial charge in [-0.15, -0.1) is 0 Å². The third-order valence-electron chi connectivity index (χ3n) is 6.93. The van der Waals surface area contributed by atoms with Gasteiger partial charge in [0.1, 0.15) is 5.75 Å². The fraction of sp³-hybridized carbons (Fsp3) is 0.619. The maximum absolute atomic E-state index is 13.3. The second kappa shape index (κ2) is 6.82. The van der Waals surface area contributed by atoms with E-state index < -0.39 is 5.91 Å². The molecule has 4 aliphatic rings. The van der Waals surface area contributed by atoms with Gasteiger partial charge < -0.3 is 10.1 Å². The maximum Gasteiger partial charge on any atom is 0.274 e. The first-order valence-electron chi connectivity index (χ1n) is 9.87. The molecule has 0 spiro atoms.